The first-order valence-corrected chi connectivity index (χ1v) is 8.04. The van der Waals surface area contributed by atoms with Gasteiger partial charge in [0.25, 0.3) is 11.6 Å². The molecule has 1 aromatic rings. The van der Waals surface area contributed by atoms with Crippen LogP contribution in [0.4, 0.5) is 10.1 Å². The number of sulfone groups is 1. The molecule has 1 aliphatic heterocycles. The molecular weight excluding hydrogens is 327 g/mol. The SMILES string of the molecule is O=C(NC1CS(=O)(=O)CC1Cl)c1cc(F)cc([N+](=O)[O-])c1. The minimum Gasteiger partial charge on any atom is -0.347 e. The summed E-state index contributed by atoms with van der Waals surface area (Å²) in [5.41, 5.74) is -0.837. The van der Waals surface area contributed by atoms with Crippen LogP contribution in [0.1, 0.15) is 10.4 Å². The second-order valence-corrected chi connectivity index (χ2v) is 7.34. The van der Waals surface area contributed by atoms with Crippen molar-refractivity contribution >= 4 is 33.0 Å². The maximum atomic E-state index is 13.3. The molecule has 2 rings (SSSR count). The van der Waals surface area contributed by atoms with E-state index in [4.69, 9.17) is 11.6 Å². The van der Waals surface area contributed by atoms with Gasteiger partial charge in [-0.25, -0.2) is 12.8 Å². The first-order valence-electron chi connectivity index (χ1n) is 5.78. The molecule has 0 aromatic heterocycles. The van der Waals surface area contributed by atoms with Gasteiger partial charge in [-0.2, -0.15) is 0 Å². The summed E-state index contributed by atoms with van der Waals surface area (Å²) in [6.07, 6.45) is 0. The van der Waals surface area contributed by atoms with Gasteiger partial charge in [0.2, 0.25) is 0 Å². The van der Waals surface area contributed by atoms with Gasteiger partial charge in [-0.3, -0.25) is 14.9 Å². The lowest BCUT2D eigenvalue weighted by Gasteiger charge is -2.14. The van der Waals surface area contributed by atoms with Gasteiger partial charge in [0.1, 0.15) is 5.82 Å². The number of benzene rings is 1. The molecule has 21 heavy (non-hydrogen) atoms. The lowest BCUT2D eigenvalue weighted by atomic mass is 10.1. The highest BCUT2D eigenvalue weighted by atomic mass is 35.5. The maximum absolute atomic E-state index is 13.3. The third kappa shape index (κ3) is 3.67. The van der Waals surface area contributed by atoms with Crippen LogP contribution in [0.5, 0.6) is 0 Å². The Morgan fingerprint density at radius 3 is 2.57 bits per heavy atom. The topological polar surface area (TPSA) is 106 Å². The fraction of sp³-hybridized carbons (Fsp3) is 0.364. The summed E-state index contributed by atoms with van der Waals surface area (Å²) < 4.78 is 36.0. The molecule has 1 heterocycles. The number of carbonyl (C=O) groups excluding carboxylic acids is 1. The zero-order valence-corrected chi connectivity index (χ0v) is 12.0. The van der Waals surface area contributed by atoms with E-state index in [1.165, 1.54) is 0 Å². The minimum atomic E-state index is -3.33. The normalized spacial score (nSPS) is 23.7. The Morgan fingerprint density at radius 2 is 2.05 bits per heavy atom. The van der Waals surface area contributed by atoms with Crippen molar-refractivity contribution in [2.45, 2.75) is 11.4 Å². The van der Waals surface area contributed by atoms with Crippen LogP contribution in [0.3, 0.4) is 0 Å². The van der Waals surface area contributed by atoms with Gasteiger partial charge in [0.15, 0.2) is 9.84 Å². The van der Waals surface area contributed by atoms with Crippen LogP contribution in [0, 0.1) is 15.9 Å². The predicted molar refractivity (Wildman–Crippen MR) is 72.6 cm³/mol. The van der Waals surface area contributed by atoms with Gasteiger partial charge in [-0.05, 0) is 6.07 Å². The molecule has 2 atom stereocenters. The van der Waals surface area contributed by atoms with Crippen molar-refractivity contribution in [3.63, 3.8) is 0 Å². The number of nitro benzene ring substituents is 1. The number of non-ortho nitro benzene ring substituents is 1. The summed E-state index contributed by atoms with van der Waals surface area (Å²) in [6.45, 7) is 0. The summed E-state index contributed by atoms with van der Waals surface area (Å²) in [6, 6.07) is 1.60. The van der Waals surface area contributed by atoms with E-state index < -0.39 is 43.6 Å². The molecule has 0 bridgehead atoms. The largest absolute Gasteiger partial charge is 0.347 e. The summed E-state index contributed by atoms with van der Waals surface area (Å²) >= 11 is 5.83. The standard InChI is InChI=1S/C11H10ClFN2O5S/c12-9-4-21(19,20)5-10(9)14-11(16)6-1-7(13)3-8(2-6)15(17)18/h1-3,9-10H,4-5H2,(H,14,16). The molecule has 1 aromatic carbocycles. The molecule has 0 saturated carbocycles. The van der Waals surface area contributed by atoms with Crippen LogP contribution in [0.2, 0.25) is 0 Å². The molecular formula is C11H10ClFN2O5S. The highest BCUT2D eigenvalue weighted by molar-refractivity contribution is 7.91. The van der Waals surface area contributed by atoms with Gasteiger partial charge in [0.05, 0.1) is 33.9 Å². The van der Waals surface area contributed by atoms with Crippen LogP contribution in [0.15, 0.2) is 18.2 Å². The summed E-state index contributed by atoms with van der Waals surface area (Å²) in [4.78, 5) is 21.7. The number of hydrogen-bond acceptors (Lipinski definition) is 5. The number of amides is 1. The number of hydrogen-bond donors (Lipinski definition) is 1. The lowest BCUT2D eigenvalue weighted by molar-refractivity contribution is -0.385. The highest BCUT2D eigenvalue weighted by Crippen LogP contribution is 2.20. The van der Waals surface area contributed by atoms with Crippen molar-refractivity contribution in [2.75, 3.05) is 11.5 Å². The van der Waals surface area contributed by atoms with Crippen LogP contribution in [-0.4, -0.2) is 42.2 Å². The average molecular weight is 337 g/mol. The van der Waals surface area contributed by atoms with Crippen molar-refractivity contribution in [3.8, 4) is 0 Å². The summed E-state index contributed by atoms with van der Waals surface area (Å²) in [5.74, 6) is -2.33. The zero-order valence-electron chi connectivity index (χ0n) is 10.5. The monoisotopic (exact) mass is 336 g/mol. The van der Waals surface area contributed by atoms with Crippen LogP contribution >= 0.6 is 11.6 Å². The zero-order chi connectivity index (χ0) is 15.8. The average Bonchev–Trinajstić information content (AvgIpc) is 2.61. The molecule has 1 amide bonds. The van der Waals surface area contributed by atoms with E-state index in [0.29, 0.717) is 6.07 Å². The Hall–Kier alpha value is -1.74. The molecule has 1 saturated heterocycles. The molecule has 1 fully saturated rings. The molecule has 1 N–H and O–H groups in total. The van der Waals surface area contributed by atoms with Crippen LogP contribution in [-0.2, 0) is 9.84 Å². The van der Waals surface area contributed by atoms with Crippen molar-refractivity contribution in [2.24, 2.45) is 0 Å². The Morgan fingerprint density at radius 1 is 1.38 bits per heavy atom. The van der Waals surface area contributed by atoms with Crippen molar-refractivity contribution < 1.29 is 22.5 Å². The summed E-state index contributed by atoms with van der Waals surface area (Å²) in [5, 5.41) is 12.2. The van der Waals surface area contributed by atoms with E-state index in [0.717, 1.165) is 12.1 Å². The van der Waals surface area contributed by atoms with E-state index in [1.54, 1.807) is 0 Å². The fourth-order valence-electron chi connectivity index (χ4n) is 2.00. The molecule has 0 spiro atoms. The molecule has 7 nitrogen and oxygen atoms in total. The van der Waals surface area contributed by atoms with Gasteiger partial charge < -0.3 is 5.32 Å². The van der Waals surface area contributed by atoms with E-state index in [1.807, 2.05) is 0 Å². The molecule has 1 aliphatic rings. The number of alkyl halides is 1. The predicted octanol–water partition coefficient (Wildman–Crippen LogP) is 0.868. The first-order chi connectivity index (χ1) is 9.68. The quantitative estimate of drug-likeness (QED) is 0.500. The molecule has 0 radical (unpaired) electrons. The van der Waals surface area contributed by atoms with Gasteiger partial charge >= 0.3 is 0 Å². The van der Waals surface area contributed by atoms with E-state index in [9.17, 15) is 27.7 Å². The molecule has 10 heteroatoms. The first kappa shape index (κ1) is 15.6. The number of nitrogens with zero attached hydrogens (tertiary/aromatic N) is 1. The third-order valence-electron chi connectivity index (χ3n) is 2.96. The highest BCUT2D eigenvalue weighted by Gasteiger charge is 2.37. The Bertz CT molecular complexity index is 709. The number of halogens is 2. The number of nitrogens with one attached hydrogen (secondary N) is 1. The van der Waals surface area contributed by atoms with Gasteiger partial charge in [-0.1, -0.05) is 0 Å². The second kappa shape index (κ2) is 5.57. The minimum absolute atomic E-state index is 0.261. The smallest absolute Gasteiger partial charge is 0.273 e. The fourth-order valence-corrected chi connectivity index (χ4v) is 4.55. The second-order valence-electron chi connectivity index (χ2n) is 4.63. The van der Waals surface area contributed by atoms with Crippen molar-refractivity contribution in [1.29, 1.82) is 0 Å². The van der Waals surface area contributed by atoms with E-state index in [2.05, 4.69) is 5.32 Å². The Labute approximate surface area is 124 Å². The van der Waals surface area contributed by atoms with Crippen molar-refractivity contribution in [3.05, 3.63) is 39.7 Å². The summed E-state index contributed by atoms with van der Waals surface area (Å²) in [7, 11) is -3.33. The number of nitro groups is 1. The Kier molecular flexibility index (Phi) is 4.15. The lowest BCUT2D eigenvalue weighted by Crippen LogP contribution is -2.40. The van der Waals surface area contributed by atoms with Gasteiger partial charge in [0, 0.05) is 11.6 Å². The van der Waals surface area contributed by atoms with E-state index in [-0.39, 0.29) is 17.1 Å². The molecule has 114 valence electrons. The Balaban J connectivity index is 2.20. The van der Waals surface area contributed by atoms with Crippen LogP contribution < -0.4 is 5.32 Å². The van der Waals surface area contributed by atoms with E-state index >= 15 is 0 Å². The van der Waals surface area contributed by atoms with Crippen molar-refractivity contribution in [1.82, 2.24) is 5.32 Å². The number of carbonyl (C=O) groups is 1. The van der Waals surface area contributed by atoms with Crippen LogP contribution in [0.25, 0.3) is 0 Å². The number of rotatable bonds is 3. The van der Waals surface area contributed by atoms with Gasteiger partial charge in [-0.15, -0.1) is 11.6 Å². The molecule has 2 unspecified atom stereocenters. The third-order valence-corrected chi connectivity index (χ3v) is 5.33. The maximum Gasteiger partial charge on any atom is 0.273 e. The molecule has 0 aliphatic carbocycles.